The average Bonchev–Trinajstić information content (AvgIpc) is 2.18. The van der Waals surface area contributed by atoms with Crippen LogP contribution in [-0.2, 0) is 0 Å². The molecule has 0 amide bonds. The molecule has 0 aromatic rings. The van der Waals surface area contributed by atoms with Gasteiger partial charge >= 0.3 is 0 Å². The first-order valence-corrected chi connectivity index (χ1v) is 6.08. The van der Waals surface area contributed by atoms with Crippen molar-refractivity contribution in [1.82, 2.24) is 5.32 Å². The van der Waals surface area contributed by atoms with Crippen molar-refractivity contribution in [2.45, 2.75) is 52.0 Å². The summed E-state index contributed by atoms with van der Waals surface area (Å²) in [5.74, 6) is 1.67. The third-order valence-electron chi connectivity index (χ3n) is 3.77. The summed E-state index contributed by atoms with van der Waals surface area (Å²) >= 11 is 0. The van der Waals surface area contributed by atoms with Crippen molar-refractivity contribution in [2.75, 3.05) is 13.1 Å². The topological polar surface area (TPSA) is 38.0 Å². The Morgan fingerprint density at radius 2 is 2.21 bits per heavy atom. The van der Waals surface area contributed by atoms with E-state index in [1.165, 1.54) is 25.7 Å². The van der Waals surface area contributed by atoms with Crippen LogP contribution in [0, 0.1) is 11.8 Å². The van der Waals surface area contributed by atoms with E-state index in [0.29, 0.717) is 0 Å². The maximum absolute atomic E-state index is 5.92. The molecule has 14 heavy (non-hydrogen) atoms. The third kappa shape index (κ3) is 2.71. The highest BCUT2D eigenvalue weighted by Gasteiger charge is 2.35. The number of hydrogen-bond donors (Lipinski definition) is 2. The van der Waals surface area contributed by atoms with Gasteiger partial charge in [-0.3, -0.25) is 0 Å². The average molecular weight is 198 g/mol. The molecule has 0 heterocycles. The standard InChI is InChI=1S/C12H26N2/c1-4-14-12(9-13)7-5-6-11(8-12)10(2)3/h10-11,14H,4-9,13H2,1-3H3. The maximum Gasteiger partial charge on any atom is 0.0306 e. The molecule has 0 saturated heterocycles. The second-order valence-corrected chi connectivity index (χ2v) is 5.12. The Kier molecular flexibility index (Phi) is 4.39. The van der Waals surface area contributed by atoms with Crippen molar-refractivity contribution >= 4 is 0 Å². The second kappa shape index (κ2) is 5.13. The first kappa shape index (κ1) is 12.0. The molecule has 2 nitrogen and oxygen atoms in total. The van der Waals surface area contributed by atoms with Gasteiger partial charge in [0.1, 0.15) is 0 Å². The molecule has 1 rings (SSSR count). The molecule has 0 aromatic carbocycles. The first-order chi connectivity index (χ1) is 6.63. The normalized spacial score (nSPS) is 33.6. The molecule has 1 aliphatic rings. The molecule has 1 aliphatic carbocycles. The van der Waals surface area contributed by atoms with Crippen molar-refractivity contribution in [2.24, 2.45) is 17.6 Å². The van der Waals surface area contributed by atoms with E-state index in [1.807, 2.05) is 0 Å². The van der Waals surface area contributed by atoms with E-state index in [-0.39, 0.29) is 5.54 Å². The van der Waals surface area contributed by atoms with Crippen LogP contribution in [0.5, 0.6) is 0 Å². The van der Waals surface area contributed by atoms with Gasteiger partial charge in [-0.15, -0.1) is 0 Å². The molecule has 0 bridgehead atoms. The number of likely N-dealkylation sites (N-methyl/N-ethyl adjacent to an activating group) is 1. The predicted octanol–water partition coefficient (Wildman–Crippen LogP) is 2.14. The summed E-state index contributed by atoms with van der Waals surface area (Å²) in [5, 5.41) is 3.61. The van der Waals surface area contributed by atoms with E-state index in [0.717, 1.165) is 24.9 Å². The molecule has 2 unspecified atom stereocenters. The fourth-order valence-electron chi connectivity index (χ4n) is 2.77. The minimum absolute atomic E-state index is 0.252. The largest absolute Gasteiger partial charge is 0.329 e. The lowest BCUT2D eigenvalue weighted by atomic mass is 9.71. The van der Waals surface area contributed by atoms with Crippen LogP contribution < -0.4 is 11.1 Å². The van der Waals surface area contributed by atoms with Crippen LogP contribution in [0.1, 0.15) is 46.5 Å². The summed E-state index contributed by atoms with van der Waals surface area (Å²) in [5.41, 5.74) is 6.18. The van der Waals surface area contributed by atoms with Crippen LogP contribution in [0.25, 0.3) is 0 Å². The van der Waals surface area contributed by atoms with Gasteiger partial charge in [-0.05, 0) is 31.2 Å². The van der Waals surface area contributed by atoms with Crippen LogP contribution in [-0.4, -0.2) is 18.6 Å². The maximum atomic E-state index is 5.92. The molecular weight excluding hydrogens is 172 g/mol. The highest BCUT2D eigenvalue weighted by molar-refractivity contribution is 4.94. The smallest absolute Gasteiger partial charge is 0.0306 e. The van der Waals surface area contributed by atoms with Crippen molar-refractivity contribution in [1.29, 1.82) is 0 Å². The van der Waals surface area contributed by atoms with Gasteiger partial charge in [0.05, 0.1) is 0 Å². The van der Waals surface area contributed by atoms with Gasteiger partial charge in [0, 0.05) is 12.1 Å². The lowest BCUT2D eigenvalue weighted by Crippen LogP contribution is -2.54. The van der Waals surface area contributed by atoms with E-state index >= 15 is 0 Å². The van der Waals surface area contributed by atoms with E-state index in [9.17, 15) is 0 Å². The SMILES string of the molecule is CCNC1(CN)CCCC(C(C)C)C1. The minimum Gasteiger partial charge on any atom is -0.329 e. The number of nitrogens with one attached hydrogen (secondary N) is 1. The van der Waals surface area contributed by atoms with Gasteiger partial charge < -0.3 is 11.1 Å². The van der Waals surface area contributed by atoms with Crippen LogP contribution >= 0.6 is 0 Å². The Bertz CT molecular complexity index is 164. The molecule has 1 saturated carbocycles. The number of nitrogens with two attached hydrogens (primary N) is 1. The van der Waals surface area contributed by atoms with Crippen molar-refractivity contribution in [3.63, 3.8) is 0 Å². The monoisotopic (exact) mass is 198 g/mol. The summed E-state index contributed by atoms with van der Waals surface area (Å²) in [6.45, 7) is 8.69. The molecule has 0 aliphatic heterocycles. The van der Waals surface area contributed by atoms with Gasteiger partial charge in [-0.2, -0.15) is 0 Å². The first-order valence-electron chi connectivity index (χ1n) is 6.08. The molecule has 0 aromatic heterocycles. The Morgan fingerprint density at radius 1 is 1.50 bits per heavy atom. The van der Waals surface area contributed by atoms with E-state index in [4.69, 9.17) is 5.73 Å². The molecular formula is C12H26N2. The zero-order valence-corrected chi connectivity index (χ0v) is 9.97. The molecule has 84 valence electrons. The molecule has 0 radical (unpaired) electrons. The van der Waals surface area contributed by atoms with E-state index in [2.05, 4.69) is 26.1 Å². The highest BCUT2D eigenvalue weighted by atomic mass is 15.0. The summed E-state index contributed by atoms with van der Waals surface area (Å²) < 4.78 is 0. The molecule has 1 fully saturated rings. The molecule has 0 spiro atoms. The molecule has 3 N–H and O–H groups in total. The van der Waals surface area contributed by atoms with Gasteiger partial charge in [-0.1, -0.05) is 33.6 Å². The third-order valence-corrected chi connectivity index (χ3v) is 3.77. The second-order valence-electron chi connectivity index (χ2n) is 5.12. The van der Waals surface area contributed by atoms with Crippen LogP contribution in [0.15, 0.2) is 0 Å². The Labute approximate surface area is 88.6 Å². The van der Waals surface area contributed by atoms with Gasteiger partial charge in [-0.25, -0.2) is 0 Å². The Morgan fingerprint density at radius 3 is 2.71 bits per heavy atom. The summed E-state index contributed by atoms with van der Waals surface area (Å²) in [7, 11) is 0. The fourth-order valence-corrected chi connectivity index (χ4v) is 2.77. The zero-order valence-electron chi connectivity index (χ0n) is 9.97. The van der Waals surface area contributed by atoms with Crippen molar-refractivity contribution in [3.8, 4) is 0 Å². The van der Waals surface area contributed by atoms with Crippen LogP contribution in [0.3, 0.4) is 0 Å². The lowest BCUT2D eigenvalue weighted by molar-refractivity contribution is 0.155. The lowest BCUT2D eigenvalue weighted by Gasteiger charge is -2.42. The number of rotatable bonds is 4. The fraction of sp³-hybridized carbons (Fsp3) is 1.00. The Hall–Kier alpha value is -0.0800. The van der Waals surface area contributed by atoms with E-state index in [1.54, 1.807) is 0 Å². The highest BCUT2D eigenvalue weighted by Crippen LogP contribution is 2.35. The van der Waals surface area contributed by atoms with Crippen LogP contribution in [0.4, 0.5) is 0 Å². The van der Waals surface area contributed by atoms with Gasteiger partial charge in [0.2, 0.25) is 0 Å². The molecule has 2 atom stereocenters. The van der Waals surface area contributed by atoms with Crippen molar-refractivity contribution < 1.29 is 0 Å². The Balaban J connectivity index is 2.59. The van der Waals surface area contributed by atoms with E-state index < -0.39 is 0 Å². The van der Waals surface area contributed by atoms with Crippen molar-refractivity contribution in [3.05, 3.63) is 0 Å². The van der Waals surface area contributed by atoms with Crippen LogP contribution in [0.2, 0.25) is 0 Å². The quantitative estimate of drug-likeness (QED) is 0.726. The predicted molar refractivity (Wildman–Crippen MR) is 62.3 cm³/mol. The molecule has 2 heteroatoms. The van der Waals surface area contributed by atoms with Gasteiger partial charge in [0.15, 0.2) is 0 Å². The summed E-state index contributed by atoms with van der Waals surface area (Å²) in [6.07, 6.45) is 5.27. The minimum atomic E-state index is 0.252. The summed E-state index contributed by atoms with van der Waals surface area (Å²) in [6, 6.07) is 0. The van der Waals surface area contributed by atoms with Gasteiger partial charge in [0.25, 0.3) is 0 Å². The zero-order chi connectivity index (χ0) is 10.6. The number of hydrogen-bond acceptors (Lipinski definition) is 2. The summed E-state index contributed by atoms with van der Waals surface area (Å²) in [4.78, 5) is 0.